The van der Waals surface area contributed by atoms with Crippen molar-refractivity contribution in [3.63, 3.8) is 0 Å². The minimum absolute atomic E-state index is 0.439. The molecule has 1 heterocycles. The fraction of sp³-hybridized carbons (Fsp3) is 0.571. The fourth-order valence-electron chi connectivity index (χ4n) is 2.45. The van der Waals surface area contributed by atoms with Crippen molar-refractivity contribution >= 4 is 5.69 Å². The molecule has 0 saturated carbocycles. The Hall–Kier alpha value is -1.06. The predicted octanol–water partition coefficient (Wildman–Crippen LogP) is 2.19. The molecular weight excluding hydrogens is 212 g/mol. The van der Waals surface area contributed by atoms with Gasteiger partial charge in [-0.2, -0.15) is 0 Å². The van der Waals surface area contributed by atoms with Gasteiger partial charge in [-0.25, -0.2) is 0 Å². The zero-order valence-electron chi connectivity index (χ0n) is 10.8. The Bertz CT molecular complexity index is 344. The largest absolute Gasteiger partial charge is 0.378 e. The van der Waals surface area contributed by atoms with Gasteiger partial charge in [0.1, 0.15) is 0 Å². The number of rotatable bonds is 4. The third-order valence-electron chi connectivity index (χ3n) is 3.42. The van der Waals surface area contributed by atoms with E-state index in [0.717, 1.165) is 32.7 Å². The topological polar surface area (TPSA) is 24.5 Å². The molecule has 1 fully saturated rings. The SMILES string of the molecule is CCC(NC)c1ccccc1N1CCOCC1. The highest BCUT2D eigenvalue weighted by Crippen LogP contribution is 2.28. The van der Waals surface area contributed by atoms with Crippen molar-refractivity contribution in [2.24, 2.45) is 0 Å². The van der Waals surface area contributed by atoms with Crippen LogP contribution in [0.3, 0.4) is 0 Å². The van der Waals surface area contributed by atoms with Gasteiger partial charge in [0.2, 0.25) is 0 Å². The van der Waals surface area contributed by atoms with E-state index in [-0.39, 0.29) is 0 Å². The quantitative estimate of drug-likeness (QED) is 0.864. The number of morpholine rings is 1. The van der Waals surface area contributed by atoms with E-state index in [0.29, 0.717) is 6.04 Å². The molecule has 1 aromatic rings. The average Bonchev–Trinajstić information content (AvgIpc) is 2.42. The summed E-state index contributed by atoms with van der Waals surface area (Å²) < 4.78 is 5.42. The number of anilines is 1. The van der Waals surface area contributed by atoms with Gasteiger partial charge in [0.05, 0.1) is 13.2 Å². The number of hydrogen-bond acceptors (Lipinski definition) is 3. The summed E-state index contributed by atoms with van der Waals surface area (Å²) in [6.45, 7) is 5.89. The van der Waals surface area contributed by atoms with Crippen LogP contribution in [0.4, 0.5) is 5.69 Å². The first-order valence-electron chi connectivity index (χ1n) is 6.45. The van der Waals surface area contributed by atoms with Crippen molar-refractivity contribution in [3.05, 3.63) is 29.8 Å². The molecule has 1 unspecified atom stereocenters. The summed E-state index contributed by atoms with van der Waals surface area (Å²) in [7, 11) is 2.03. The van der Waals surface area contributed by atoms with Crippen molar-refractivity contribution in [1.29, 1.82) is 0 Å². The van der Waals surface area contributed by atoms with Gasteiger partial charge in [-0.05, 0) is 25.1 Å². The molecule has 1 atom stereocenters. The first-order valence-corrected chi connectivity index (χ1v) is 6.45. The van der Waals surface area contributed by atoms with Crippen LogP contribution in [-0.2, 0) is 4.74 Å². The second kappa shape index (κ2) is 6.03. The molecule has 0 aliphatic carbocycles. The lowest BCUT2D eigenvalue weighted by molar-refractivity contribution is 0.122. The molecule has 0 spiro atoms. The fourth-order valence-corrected chi connectivity index (χ4v) is 2.45. The first-order chi connectivity index (χ1) is 8.36. The average molecular weight is 234 g/mol. The van der Waals surface area contributed by atoms with Crippen LogP contribution < -0.4 is 10.2 Å². The zero-order chi connectivity index (χ0) is 12.1. The van der Waals surface area contributed by atoms with Crippen molar-refractivity contribution in [3.8, 4) is 0 Å². The molecule has 94 valence electrons. The van der Waals surface area contributed by atoms with E-state index in [1.165, 1.54) is 11.3 Å². The molecule has 3 nitrogen and oxygen atoms in total. The number of nitrogens with zero attached hydrogens (tertiary/aromatic N) is 1. The van der Waals surface area contributed by atoms with E-state index >= 15 is 0 Å². The van der Waals surface area contributed by atoms with E-state index in [9.17, 15) is 0 Å². The van der Waals surface area contributed by atoms with Crippen LogP contribution in [0.15, 0.2) is 24.3 Å². The van der Waals surface area contributed by atoms with Gasteiger partial charge in [-0.3, -0.25) is 0 Å². The van der Waals surface area contributed by atoms with Gasteiger partial charge in [-0.15, -0.1) is 0 Å². The maximum atomic E-state index is 5.42. The predicted molar refractivity (Wildman–Crippen MR) is 71.6 cm³/mol. The van der Waals surface area contributed by atoms with Gasteiger partial charge < -0.3 is 15.0 Å². The summed E-state index contributed by atoms with van der Waals surface area (Å²) in [6, 6.07) is 9.14. The summed E-state index contributed by atoms with van der Waals surface area (Å²) in [5, 5.41) is 3.39. The normalized spacial score (nSPS) is 18.1. The Morgan fingerprint density at radius 3 is 2.65 bits per heavy atom. The van der Waals surface area contributed by atoms with Crippen molar-refractivity contribution in [2.45, 2.75) is 19.4 Å². The molecule has 0 radical (unpaired) electrons. The van der Waals surface area contributed by atoms with Crippen LogP contribution in [0.25, 0.3) is 0 Å². The molecule has 3 heteroatoms. The van der Waals surface area contributed by atoms with Gasteiger partial charge >= 0.3 is 0 Å². The summed E-state index contributed by atoms with van der Waals surface area (Å²) in [5.41, 5.74) is 2.76. The van der Waals surface area contributed by atoms with Crippen LogP contribution in [-0.4, -0.2) is 33.4 Å². The summed E-state index contributed by atoms with van der Waals surface area (Å²) in [5.74, 6) is 0. The molecule has 0 aromatic heterocycles. The van der Waals surface area contributed by atoms with Crippen LogP contribution >= 0.6 is 0 Å². The number of hydrogen-bond donors (Lipinski definition) is 1. The highest BCUT2D eigenvalue weighted by atomic mass is 16.5. The Kier molecular flexibility index (Phi) is 4.40. The Morgan fingerprint density at radius 2 is 2.00 bits per heavy atom. The smallest absolute Gasteiger partial charge is 0.0642 e. The third-order valence-corrected chi connectivity index (χ3v) is 3.42. The van der Waals surface area contributed by atoms with E-state index in [1.54, 1.807) is 0 Å². The Labute approximate surface area is 104 Å². The van der Waals surface area contributed by atoms with Crippen LogP contribution in [0.5, 0.6) is 0 Å². The van der Waals surface area contributed by atoms with Gasteiger partial charge in [0, 0.05) is 24.8 Å². The van der Waals surface area contributed by atoms with Crippen LogP contribution in [0.2, 0.25) is 0 Å². The molecule has 0 amide bonds. The van der Waals surface area contributed by atoms with Crippen LogP contribution in [0, 0.1) is 0 Å². The number of ether oxygens (including phenoxy) is 1. The van der Waals surface area contributed by atoms with Gasteiger partial charge in [0.15, 0.2) is 0 Å². The Morgan fingerprint density at radius 1 is 1.29 bits per heavy atom. The number of para-hydroxylation sites is 1. The zero-order valence-corrected chi connectivity index (χ0v) is 10.8. The second-order valence-corrected chi connectivity index (χ2v) is 4.41. The summed E-state index contributed by atoms with van der Waals surface area (Å²) >= 11 is 0. The second-order valence-electron chi connectivity index (χ2n) is 4.41. The maximum Gasteiger partial charge on any atom is 0.0642 e. The third kappa shape index (κ3) is 2.79. The minimum Gasteiger partial charge on any atom is -0.378 e. The maximum absolute atomic E-state index is 5.42. The Balaban J connectivity index is 2.25. The monoisotopic (exact) mass is 234 g/mol. The van der Waals surface area contributed by atoms with Crippen molar-refractivity contribution in [2.75, 3.05) is 38.3 Å². The lowest BCUT2D eigenvalue weighted by Crippen LogP contribution is -2.37. The standard InChI is InChI=1S/C14H22N2O/c1-3-13(15-2)12-6-4-5-7-14(12)16-8-10-17-11-9-16/h4-7,13,15H,3,8-11H2,1-2H3. The van der Waals surface area contributed by atoms with Crippen LogP contribution in [0.1, 0.15) is 24.9 Å². The van der Waals surface area contributed by atoms with Crippen molar-refractivity contribution < 1.29 is 4.74 Å². The summed E-state index contributed by atoms with van der Waals surface area (Å²) in [4.78, 5) is 2.43. The molecule has 1 aromatic carbocycles. The van der Waals surface area contributed by atoms with E-state index in [2.05, 4.69) is 41.4 Å². The van der Waals surface area contributed by atoms with Crippen molar-refractivity contribution in [1.82, 2.24) is 5.32 Å². The molecule has 1 N–H and O–H groups in total. The molecule has 0 bridgehead atoms. The minimum atomic E-state index is 0.439. The van der Waals surface area contributed by atoms with Gasteiger partial charge in [0.25, 0.3) is 0 Å². The summed E-state index contributed by atoms with van der Waals surface area (Å²) in [6.07, 6.45) is 1.11. The lowest BCUT2D eigenvalue weighted by Gasteiger charge is -2.32. The molecule has 1 aliphatic heterocycles. The molecule has 1 aliphatic rings. The number of benzene rings is 1. The van der Waals surface area contributed by atoms with E-state index < -0.39 is 0 Å². The highest BCUT2D eigenvalue weighted by Gasteiger charge is 2.17. The lowest BCUT2D eigenvalue weighted by atomic mass is 10.0. The number of nitrogens with one attached hydrogen (secondary N) is 1. The first kappa shape index (κ1) is 12.4. The molecular formula is C14H22N2O. The van der Waals surface area contributed by atoms with E-state index in [4.69, 9.17) is 4.74 Å². The molecule has 1 saturated heterocycles. The van der Waals surface area contributed by atoms with Gasteiger partial charge in [-0.1, -0.05) is 25.1 Å². The molecule has 2 rings (SSSR count). The highest BCUT2D eigenvalue weighted by molar-refractivity contribution is 5.55. The molecule has 17 heavy (non-hydrogen) atoms. The van der Waals surface area contributed by atoms with E-state index in [1.807, 2.05) is 7.05 Å².